The molecule has 106 valence electrons. The van der Waals surface area contributed by atoms with Gasteiger partial charge < -0.3 is 0 Å². The summed E-state index contributed by atoms with van der Waals surface area (Å²) in [6.45, 7) is 2.06. The topological polar surface area (TPSA) is 22.8 Å². The van der Waals surface area contributed by atoms with Crippen molar-refractivity contribution in [2.45, 2.75) is 6.92 Å². The lowest BCUT2D eigenvalue weighted by Crippen LogP contribution is -2.07. The van der Waals surface area contributed by atoms with Crippen molar-refractivity contribution in [1.29, 1.82) is 0 Å². The van der Waals surface area contributed by atoms with Crippen molar-refractivity contribution in [1.82, 2.24) is 14.3 Å². The fourth-order valence-electron chi connectivity index (χ4n) is 2.28. The van der Waals surface area contributed by atoms with Gasteiger partial charge in [-0.2, -0.15) is 4.98 Å². The average molecular weight is 316 g/mol. The largest absolute Gasteiger partial charge is 0.264 e. The number of rotatable bonds is 2. The molecule has 3 rings (SSSR count). The SMILES string of the molecule is Cc1ccc(-c2nc(=S)n(-c3cccc(Cl)c3)n2C)cc1. The maximum absolute atomic E-state index is 6.06. The second kappa shape index (κ2) is 5.47. The van der Waals surface area contributed by atoms with Crippen LogP contribution >= 0.6 is 23.8 Å². The van der Waals surface area contributed by atoms with Crippen LogP contribution in [-0.4, -0.2) is 14.3 Å². The predicted octanol–water partition coefficient (Wildman–Crippen LogP) is 4.57. The summed E-state index contributed by atoms with van der Waals surface area (Å²) in [6, 6.07) is 15.8. The molecule has 0 fully saturated rings. The van der Waals surface area contributed by atoms with E-state index in [9.17, 15) is 0 Å². The first-order valence-electron chi connectivity index (χ1n) is 6.55. The highest BCUT2D eigenvalue weighted by Crippen LogP contribution is 2.21. The molecule has 0 bridgehead atoms. The van der Waals surface area contributed by atoms with Crippen LogP contribution in [0.2, 0.25) is 5.02 Å². The van der Waals surface area contributed by atoms with Crippen LogP contribution in [0.25, 0.3) is 17.1 Å². The van der Waals surface area contributed by atoms with E-state index in [0.29, 0.717) is 9.79 Å². The van der Waals surface area contributed by atoms with Gasteiger partial charge in [-0.15, -0.1) is 0 Å². The molecule has 0 aliphatic carbocycles. The predicted molar refractivity (Wildman–Crippen MR) is 88.6 cm³/mol. The smallest absolute Gasteiger partial charge is 0.221 e. The molecule has 0 saturated heterocycles. The van der Waals surface area contributed by atoms with Crippen molar-refractivity contribution < 1.29 is 0 Å². The molecular weight excluding hydrogens is 302 g/mol. The highest BCUT2D eigenvalue weighted by Gasteiger charge is 2.11. The Bertz CT molecular complexity index is 847. The second-order valence-corrected chi connectivity index (χ2v) is 5.70. The van der Waals surface area contributed by atoms with Gasteiger partial charge in [0, 0.05) is 17.6 Å². The molecule has 5 heteroatoms. The third kappa shape index (κ3) is 2.64. The molecule has 0 atom stereocenters. The van der Waals surface area contributed by atoms with Crippen molar-refractivity contribution in [3.8, 4) is 17.1 Å². The normalized spacial score (nSPS) is 10.8. The number of aromatic nitrogens is 3. The zero-order chi connectivity index (χ0) is 15.0. The number of aryl methyl sites for hydroxylation is 1. The molecular formula is C16H14ClN3S. The van der Waals surface area contributed by atoms with E-state index in [4.69, 9.17) is 23.8 Å². The van der Waals surface area contributed by atoms with Gasteiger partial charge in [0.15, 0.2) is 5.82 Å². The summed E-state index contributed by atoms with van der Waals surface area (Å²) in [7, 11) is 1.94. The first-order chi connectivity index (χ1) is 10.1. The first kappa shape index (κ1) is 14.0. The van der Waals surface area contributed by atoms with Gasteiger partial charge >= 0.3 is 0 Å². The van der Waals surface area contributed by atoms with Crippen LogP contribution in [0.15, 0.2) is 48.5 Å². The number of hydrogen-bond acceptors (Lipinski definition) is 2. The van der Waals surface area contributed by atoms with Gasteiger partial charge in [0.1, 0.15) is 0 Å². The van der Waals surface area contributed by atoms with Crippen LogP contribution in [0.3, 0.4) is 0 Å². The van der Waals surface area contributed by atoms with Crippen LogP contribution in [-0.2, 0) is 7.05 Å². The fourth-order valence-corrected chi connectivity index (χ4v) is 2.78. The third-order valence-corrected chi connectivity index (χ3v) is 3.85. The van der Waals surface area contributed by atoms with Gasteiger partial charge in [-0.3, -0.25) is 4.68 Å². The molecule has 0 aliphatic rings. The molecule has 21 heavy (non-hydrogen) atoms. The lowest BCUT2D eigenvalue weighted by atomic mass is 10.1. The lowest BCUT2D eigenvalue weighted by molar-refractivity contribution is 0.662. The monoisotopic (exact) mass is 315 g/mol. The number of hydrogen-bond donors (Lipinski definition) is 0. The van der Waals surface area contributed by atoms with Crippen LogP contribution < -0.4 is 0 Å². The molecule has 0 unspecified atom stereocenters. The highest BCUT2D eigenvalue weighted by atomic mass is 35.5. The summed E-state index contributed by atoms with van der Waals surface area (Å²) in [5.41, 5.74) is 3.16. The molecule has 0 saturated carbocycles. The summed E-state index contributed by atoms with van der Waals surface area (Å²) in [5, 5.41) is 0.674. The second-order valence-electron chi connectivity index (χ2n) is 4.90. The van der Waals surface area contributed by atoms with E-state index >= 15 is 0 Å². The Hall–Kier alpha value is -1.91. The Morgan fingerprint density at radius 3 is 2.48 bits per heavy atom. The molecule has 0 radical (unpaired) electrons. The molecule has 0 amide bonds. The minimum atomic E-state index is 0.510. The summed E-state index contributed by atoms with van der Waals surface area (Å²) < 4.78 is 4.32. The van der Waals surface area contributed by atoms with Crippen molar-refractivity contribution in [2.75, 3.05) is 0 Å². The van der Waals surface area contributed by atoms with E-state index in [1.165, 1.54) is 5.56 Å². The van der Waals surface area contributed by atoms with Gasteiger partial charge in [0.25, 0.3) is 0 Å². The number of halogens is 1. The quantitative estimate of drug-likeness (QED) is 0.646. The Morgan fingerprint density at radius 2 is 1.81 bits per heavy atom. The molecule has 1 heterocycles. The molecule has 0 N–H and O–H groups in total. The molecule has 0 spiro atoms. The Kier molecular flexibility index (Phi) is 3.66. The molecule has 3 nitrogen and oxygen atoms in total. The van der Waals surface area contributed by atoms with Crippen molar-refractivity contribution >= 4 is 23.8 Å². The highest BCUT2D eigenvalue weighted by molar-refractivity contribution is 7.71. The van der Waals surface area contributed by atoms with Crippen LogP contribution in [0.5, 0.6) is 0 Å². The molecule has 0 aliphatic heterocycles. The lowest BCUT2D eigenvalue weighted by Gasteiger charge is -2.09. The standard InChI is InChI=1S/C16H14ClN3S/c1-11-6-8-12(9-7-11)15-18-16(21)20(19(15)2)14-5-3-4-13(17)10-14/h3-10H,1-2H3. The van der Waals surface area contributed by atoms with E-state index in [1.54, 1.807) is 0 Å². The minimum Gasteiger partial charge on any atom is -0.264 e. The van der Waals surface area contributed by atoms with Gasteiger partial charge in [0.05, 0.1) is 5.69 Å². The molecule has 1 aromatic heterocycles. The summed E-state index contributed by atoms with van der Waals surface area (Å²) in [4.78, 5) is 4.51. The van der Waals surface area contributed by atoms with E-state index in [-0.39, 0.29) is 0 Å². The van der Waals surface area contributed by atoms with Crippen LogP contribution in [0.4, 0.5) is 0 Å². The molecule has 3 aromatic rings. The fraction of sp³-hybridized carbons (Fsp3) is 0.125. The number of benzene rings is 2. The first-order valence-corrected chi connectivity index (χ1v) is 7.34. The Morgan fingerprint density at radius 1 is 1.10 bits per heavy atom. The summed E-state index contributed by atoms with van der Waals surface area (Å²) >= 11 is 11.5. The number of nitrogens with zero attached hydrogens (tertiary/aromatic N) is 3. The van der Waals surface area contributed by atoms with Gasteiger partial charge in [0.2, 0.25) is 4.77 Å². The Labute approximate surface area is 133 Å². The third-order valence-electron chi connectivity index (χ3n) is 3.35. The molecule has 2 aromatic carbocycles. The maximum Gasteiger partial charge on any atom is 0.221 e. The summed E-state index contributed by atoms with van der Waals surface area (Å²) in [5.74, 6) is 0.833. The minimum absolute atomic E-state index is 0.510. The van der Waals surface area contributed by atoms with E-state index in [1.807, 2.05) is 40.7 Å². The van der Waals surface area contributed by atoms with Crippen LogP contribution in [0, 0.1) is 11.7 Å². The van der Waals surface area contributed by atoms with Crippen molar-refractivity contribution in [3.05, 3.63) is 63.9 Å². The summed E-state index contributed by atoms with van der Waals surface area (Å²) in [6.07, 6.45) is 0. The maximum atomic E-state index is 6.06. The van der Waals surface area contributed by atoms with Gasteiger partial charge in [-0.1, -0.05) is 47.5 Å². The average Bonchev–Trinajstić information content (AvgIpc) is 2.75. The zero-order valence-corrected chi connectivity index (χ0v) is 13.3. The van der Waals surface area contributed by atoms with Gasteiger partial charge in [-0.05, 0) is 37.3 Å². The Balaban J connectivity index is 2.17. The van der Waals surface area contributed by atoms with Crippen molar-refractivity contribution in [3.63, 3.8) is 0 Å². The zero-order valence-electron chi connectivity index (χ0n) is 11.7. The van der Waals surface area contributed by atoms with E-state index < -0.39 is 0 Å². The van der Waals surface area contributed by atoms with Crippen LogP contribution in [0.1, 0.15) is 5.56 Å². The van der Waals surface area contributed by atoms with Gasteiger partial charge in [-0.25, -0.2) is 4.68 Å². The van der Waals surface area contributed by atoms with E-state index in [0.717, 1.165) is 17.1 Å². The van der Waals surface area contributed by atoms with Crippen molar-refractivity contribution in [2.24, 2.45) is 7.05 Å². The van der Waals surface area contributed by atoms with E-state index in [2.05, 4.69) is 36.2 Å².